The molecule has 0 aliphatic heterocycles. The SMILES string of the molecule is CCCN(C)c1nc2ccccn2c1/C=C/C(=O)O. The number of anilines is 1. The van der Waals surface area contributed by atoms with Crippen LogP contribution in [0.3, 0.4) is 0 Å². The summed E-state index contributed by atoms with van der Waals surface area (Å²) in [6.45, 7) is 2.97. The average molecular weight is 259 g/mol. The summed E-state index contributed by atoms with van der Waals surface area (Å²) in [6.07, 6.45) is 5.61. The summed E-state index contributed by atoms with van der Waals surface area (Å²) in [6, 6.07) is 5.72. The Morgan fingerprint density at radius 1 is 1.53 bits per heavy atom. The molecule has 2 heterocycles. The molecule has 0 atom stereocenters. The molecule has 0 fully saturated rings. The molecule has 0 saturated carbocycles. The number of aromatic nitrogens is 2. The first-order valence-corrected chi connectivity index (χ1v) is 6.22. The molecular formula is C14H17N3O2. The second-order valence-corrected chi connectivity index (χ2v) is 4.34. The van der Waals surface area contributed by atoms with Gasteiger partial charge in [-0.05, 0) is 24.6 Å². The van der Waals surface area contributed by atoms with Gasteiger partial charge in [-0.2, -0.15) is 0 Å². The highest BCUT2D eigenvalue weighted by Crippen LogP contribution is 2.22. The topological polar surface area (TPSA) is 57.8 Å². The van der Waals surface area contributed by atoms with E-state index in [0.717, 1.165) is 36.2 Å². The van der Waals surface area contributed by atoms with Gasteiger partial charge in [0.05, 0.1) is 5.69 Å². The molecule has 0 spiro atoms. The molecule has 0 unspecified atom stereocenters. The van der Waals surface area contributed by atoms with Gasteiger partial charge >= 0.3 is 5.97 Å². The van der Waals surface area contributed by atoms with Crippen molar-refractivity contribution in [2.45, 2.75) is 13.3 Å². The lowest BCUT2D eigenvalue weighted by atomic mass is 10.3. The van der Waals surface area contributed by atoms with Crippen molar-refractivity contribution < 1.29 is 9.90 Å². The number of hydrogen-bond acceptors (Lipinski definition) is 3. The van der Waals surface area contributed by atoms with Crippen LogP contribution in [-0.4, -0.2) is 34.1 Å². The largest absolute Gasteiger partial charge is 0.478 e. The van der Waals surface area contributed by atoms with E-state index in [2.05, 4.69) is 11.9 Å². The van der Waals surface area contributed by atoms with Gasteiger partial charge in [-0.25, -0.2) is 9.78 Å². The first-order valence-electron chi connectivity index (χ1n) is 6.22. The third-order valence-electron chi connectivity index (χ3n) is 2.85. The summed E-state index contributed by atoms with van der Waals surface area (Å²) >= 11 is 0. The van der Waals surface area contributed by atoms with Gasteiger partial charge in [0.25, 0.3) is 0 Å². The Bertz CT molecular complexity index is 616. The molecule has 0 saturated heterocycles. The summed E-state index contributed by atoms with van der Waals surface area (Å²) in [7, 11) is 1.96. The molecule has 2 rings (SSSR count). The Morgan fingerprint density at radius 3 is 3.00 bits per heavy atom. The van der Waals surface area contributed by atoms with Gasteiger partial charge < -0.3 is 10.0 Å². The van der Waals surface area contributed by atoms with Gasteiger partial charge in [-0.3, -0.25) is 4.40 Å². The molecule has 5 nitrogen and oxygen atoms in total. The van der Waals surface area contributed by atoms with Crippen LogP contribution in [0.15, 0.2) is 30.5 Å². The second-order valence-electron chi connectivity index (χ2n) is 4.34. The first kappa shape index (κ1) is 13.1. The lowest BCUT2D eigenvalue weighted by Crippen LogP contribution is -2.19. The van der Waals surface area contributed by atoms with Crippen molar-refractivity contribution in [3.8, 4) is 0 Å². The van der Waals surface area contributed by atoms with Crippen LogP contribution in [0.2, 0.25) is 0 Å². The minimum atomic E-state index is -0.963. The summed E-state index contributed by atoms with van der Waals surface area (Å²) in [5.74, 6) is -0.166. The van der Waals surface area contributed by atoms with Gasteiger partial charge in [0.2, 0.25) is 0 Å². The molecule has 0 aliphatic rings. The number of imidazole rings is 1. The molecule has 5 heteroatoms. The highest BCUT2D eigenvalue weighted by Gasteiger charge is 2.13. The van der Waals surface area contributed by atoms with Gasteiger partial charge in [-0.1, -0.05) is 13.0 Å². The summed E-state index contributed by atoms with van der Waals surface area (Å²) in [5, 5.41) is 8.79. The van der Waals surface area contributed by atoms with Crippen molar-refractivity contribution in [2.75, 3.05) is 18.5 Å². The van der Waals surface area contributed by atoms with Crippen LogP contribution in [-0.2, 0) is 4.79 Å². The minimum Gasteiger partial charge on any atom is -0.478 e. The number of hydrogen-bond donors (Lipinski definition) is 1. The van der Waals surface area contributed by atoms with Crippen molar-refractivity contribution in [2.24, 2.45) is 0 Å². The van der Waals surface area contributed by atoms with Gasteiger partial charge in [0.15, 0.2) is 5.82 Å². The maximum absolute atomic E-state index is 10.7. The Labute approximate surface area is 111 Å². The molecule has 0 aliphatic carbocycles. The quantitative estimate of drug-likeness (QED) is 0.837. The van der Waals surface area contributed by atoms with Crippen LogP contribution in [0, 0.1) is 0 Å². The molecule has 2 aromatic rings. The number of aliphatic carboxylic acids is 1. The van der Waals surface area contributed by atoms with Crippen molar-refractivity contribution in [3.05, 3.63) is 36.2 Å². The van der Waals surface area contributed by atoms with E-state index in [-0.39, 0.29) is 0 Å². The molecule has 100 valence electrons. The van der Waals surface area contributed by atoms with Crippen LogP contribution >= 0.6 is 0 Å². The molecule has 2 aromatic heterocycles. The molecule has 0 bridgehead atoms. The summed E-state index contributed by atoms with van der Waals surface area (Å²) in [4.78, 5) is 17.3. The fourth-order valence-corrected chi connectivity index (χ4v) is 2.03. The number of fused-ring (bicyclic) bond motifs is 1. The molecule has 0 aromatic carbocycles. The zero-order chi connectivity index (χ0) is 13.8. The lowest BCUT2D eigenvalue weighted by Gasteiger charge is -2.16. The van der Waals surface area contributed by atoms with E-state index in [1.165, 1.54) is 0 Å². The van der Waals surface area contributed by atoms with E-state index >= 15 is 0 Å². The predicted octanol–water partition coefficient (Wildman–Crippen LogP) is 2.28. The van der Waals surface area contributed by atoms with E-state index in [4.69, 9.17) is 5.11 Å². The van der Waals surface area contributed by atoms with Crippen molar-refractivity contribution in [1.82, 2.24) is 9.38 Å². The molecule has 19 heavy (non-hydrogen) atoms. The summed E-state index contributed by atoms with van der Waals surface area (Å²) < 4.78 is 1.89. The molecule has 1 N–H and O–H groups in total. The molecular weight excluding hydrogens is 242 g/mol. The van der Waals surface area contributed by atoms with Gasteiger partial charge in [0.1, 0.15) is 5.65 Å². The number of carbonyl (C=O) groups is 1. The zero-order valence-electron chi connectivity index (χ0n) is 11.1. The monoisotopic (exact) mass is 259 g/mol. The van der Waals surface area contributed by atoms with E-state index < -0.39 is 5.97 Å². The van der Waals surface area contributed by atoms with Crippen LogP contribution < -0.4 is 4.90 Å². The van der Waals surface area contributed by atoms with Crippen LogP contribution in [0.1, 0.15) is 19.0 Å². The fraction of sp³-hybridized carbons (Fsp3) is 0.286. The van der Waals surface area contributed by atoms with Crippen LogP contribution in [0.25, 0.3) is 11.7 Å². The number of nitrogens with zero attached hydrogens (tertiary/aromatic N) is 3. The highest BCUT2D eigenvalue weighted by molar-refractivity contribution is 5.86. The highest BCUT2D eigenvalue weighted by atomic mass is 16.4. The lowest BCUT2D eigenvalue weighted by molar-refractivity contribution is -0.131. The van der Waals surface area contributed by atoms with E-state index in [9.17, 15) is 4.79 Å². The van der Waals surface area contributed by atoms with E-state index in [0.29, 0.717) is 0 Å². The Morgan fingerprint density at radius 2 is 2.32 bits per heavy atom. The first-order chi connectivity index (χ1) is 9.13. The third-order valence-corrected chi connectivity index (χ3v) is 2.85. The molecule has 0 amide bonds. The molecule has 0 radical (unpaired) electrons. The second kappa shape index (κ2) is 5.56. The van der Waals surface area contributed by atoms with Gasteiger partial charge in [-0.15, -0.1) is 0 Å². The van der Waals surface area contributed by atoms with E-state index in [1.807, 2.05) is 40.7 Å². The number of carboxylic acids is 1. The number of pyridine rings is 1. The summed E-state index contributed by atoms with van der Waals surface area (Å²) in [5.41, 5.74) is 1.60. The Kier molecular flexibility index (Phi) is 3.85. The zero-order valence-corrected chi connectivity index (χ0v) is 11.1. The average Bonchev–Trinajstić information content (AvgIpc) is 2.75. The van der Waals surface area contributed by atoms with Crippen molar-refractivity contribution in [3.63, 3.8) is 0 Å². The Balaban J connectivity index is 2.54. The standard InChI is InChI=1S/C14H17N3O2/c1-3-9-16(2)14-11(7-8-13(18)19)17-10-5-4-6-12(17)15-14/h4-8,10H,3,9H2,1-2H3,(H,18,19)/b8-7+. The van der Waals surface area contributed by atoms with Crippen LogP contribution in [0.4, 0.5) is 5.82 Å². The van der Waals surface area contributed by atoms with Gasteiger partial charge in [0, 0.05) is 25.9 Å². The number of rotatable bonds is 5. The maximum Gasteiger partial charge on any atom is 0.328 e. The Hall–Kier alpha value is -2.30. The smallest absolute Gasteiger partial charge is 0.328 e. The normalized spacial score (nSPS) is 11.3. The minimum absolute atomic E-state index is 0.786. The van der Waals surface area contributed by atoms with E-state index in [1.54, 1.807) is 6.08 Å². The third kappa shape index (κ3) is 2.76. The van der Waals surface area contributed by atoms with Crippen molar-refractivity contribution in [1.29, 1.82) is 0 Å². The number of carboxylic acid groups (broad SMARTS) is 1. The van der Waals surface area contributed by atoms with Crippen molar-refractivity contribution >= 4 is 23.5 Å². The van der Waals surface area contributed by atoms with Crippen LogP contribution in [0.5, 0.6) is 0 Å². The predicted molar refractivity (Wildman–Crippen MR) is 75.4 cm³/mol. The maximum atomic E-state index is 10.7. The fourth-order valence-electron chi connectivity index (χ4n) is 2.03.